The van der Waals surface area contributed by atoms with E-state index in [1.807, 2.05) is 84.5 Å². The normalized spacial score (nSPS) is 11.0. The number of hydrazone groups is 1. The van der Waals surface area contributed by atoms with Crippen molar-refractivity contribution in [3.8, 4) is 17.2 Å². The number of carbonyl (C=O) groups is 2. The fraction of sp³-hybridized carbons (Fsp3) is 0.0645. The van der Waals surface area contributed by atoms with Crippen molar-refractivity contribution < 1.29 is 19.1 Å². The van der Waals surface area contributed by atoms with Crippen LogP contribution in [0.2, 0.25) is 0 Å². The highest BCUT2D eigenvalue weighted by atomic mass is 16.6. The van der Waals surface area contributed by atoms with Gasteiger partial charge in [0.25, 0.3) is 5.91 Å². The molecule has 4 aromatic carbocycles. The highest BCUT2D eigenvalue weighted by Gasteiger charge is 2.16. The first-order chi connectivity index (χ1) is 18.6. The summed E-state index contributed by atoms with van der Waals surface area (Å²) in [5.41, 5.74) is 4.96. The zero-order valence-corrected chi connectivity index (χ0v) is 20.7. The van der Waals surface area contributed by atoms with Crippen LogP contribution in [0.4, 0.5) is 0 Å². The molecule has 7 heteroatoms. The van der Waals surface area contributed by atoms with Crippen molar-refractivity contribution in [1.29, 1.82) is 0 Å². The van der Waals surface area contributed by atoms with E-state index in [2.05, 4.69) is 10.5 Å². The molecule has 1 heterocycles. The number of hydrogen-bond donors (Lipinski definition) is 1. The maximum atomic E-state index is 13.0. The minimum atomic E-state index is -0.474. The van der Waals surface area contributed by atoms with Crippen LogP contribution in [-0.4, -0.2) is 29.3 Å². The molecule has 0 atom stereocenters. The Morgan fingerprint density at radius 3 is 2.42 bits per heavy atom. The van der Waals surface area contributed by atoms with Gasteiger partial charge in [-0.05, 0) is 71.8 Å². The van der Waals surface area contributed by atoms with E-state index in [0.29, 0.717) is 34.8 Å². The van der Waals surface area contributed by atoms with Crippen molar-refractivity contribution in [2.45, 2.75) is 6.92 Å². The second-order valence-corrected chi connectivity index (χ2v) is 8.36. The van der Waals surface area contributed by atoms with E-state index in [4.69, 9.17) is 9.47 Å². The van der Waals surface area contributed by atoms with Crippen molar-refractivity contribution in [1.82, 2.24) is 9.99 Å². The molecule has 7 nitrogen and oxygen atoms in total. The maximum Gasteiger partial charge on any atom is 0.344 e. The van der Waals surface area contributed by atoms with Crippen LogP contribution in [0.3, 0.4) is 0 Å². The second-order valence-electron chi connectivity index (χ2n) is 8.36. The van der Waals surface area contributed by atoms with Crippen molar-refractivity contribution in [3.05, 3.63) is 126 Å². The van der Waals surface area contributed by atoms with Gasteiger partial charge in [-0.2, -0.15) is 5.10 Å². The van der Waals surface area contributed by atoms with Crippen molar-refractivity contribution >= 4 is 28.9 Å². The number of benzene rings is 4. The van der Waals surface area contributed by atoms with Crippen molar-refractivity contribution in [3.63, 3.8) is 0 Å². The number of esters is 1. The molecule has 5 rings (SSSR count). The van der Waals surface area contributed by atoms with Crippen LogP contribution >= 0.6 is 0 Å². The molecule has 1 aromatic heterocycles. The van der Waals surface area contributed by atoms with Gasteiger partial charge in [0.1, 0.15) is 0 Å². The lowest BCUT2D eigenvalue weighted by Crippen LogP contribution is -2.19. The number of carbonyl (C=O) groups excluding carboxylic acids is 2. The molecule has 0 saturated carbocycles. The van der Waals surface area contributed by atoms with Gasteiger partial charge in [0, 0.05) is 12.4 Å². The number of rotatable bonds is 8. The summed E-state index contributed by atoms with van der Waals surface area (Å²) < 4.78 is 13.3. The number of fused-ring (bicyclic) bond motifs is 1. The summed E-state index contributed by atoms with van der Waals surface area (Å²) in [6.07, 6.45) is 5.26. The smallest absolute Gasteiger partial charge is 0.344 e. The van der Waals surface area contributed by atoms with Crippen LogP contribution in [-0.2, 0) is 0 Å². The molecular weight excluding hydrogens is 478 g/mol. The first kappa shape index (κ1) is 24.5. The summed E-state index contributed by atoms with van der Waals surface area (Å²) in [6.45, 7) is 2.23. The van der Waals surface area contributed by atoms with E-state index in [1.54, 1.807) is 36.4 Å². The number of nitrogens with zero attached hydrogens (tertiary/aromatic N) is 2. The summed E-state index contributed by atoms with van der Waals surface area (Å²) in [5.74, 6) is -0.116. The summed E-state index contributed by atoms with van der Waals surface area (Å²) in [4.78, 5) is 25.8. The predicted molar refractivity (Wildman–Crippen MR) is 147 cm³/mol. The van der Waals surface area contributed by atoms with Gasteiger partial charge in [-0.25, -0.2) is 10.2 Å². The molecule has 1 N–H and O–H groups in total. The summed E-state index contributed by atoms with van der Waals surface area (Å²) in [5, 5.41) is 5.89. The molecule has 0 unspecified atom stereocenters. The Hall–Kier alpha value is -5.17. The summed E-state index contributed by atoms with van der Waals surface area (Å²) in [6, 6.07) is 29.3. The first-order valence-corrected chi connectivity index (χ1v) is 12.2. The highest BCUT2D eigenvalue weighted by Crippen LogP contribution is 2.30. The zero-order chi connectivity index (χ0) is 26.3. The Morgan fingerprint density at radius 1 is 0.842 bits per heavy atom. The zero-order valence-electron chi connectivity index (χ0n) is 20.7. The van der Waals surface area contributed by atoms with E-state index in [9.17, 15) is 9.59 Å². The SMILES string of the molecule is CCOc1cc(/C=N\NC(=O)c2ccccc2-n2cccc2)ccc1OC(=O)c1cccc2ccccc12. The van der Waals surface area contributed by atoms with Gasteiger partial charge in [0.2, 0.25) is 0 Å². The largest absolute Gasteiger partial charge is 0.490 e. The Kier molecular flexibility index (Phi) is 7.27. The standard InChI is InChI=1S/C31H25N3O4/c1-2-37-29-20-22(21-32-33-30(35)26-13-5-6-15-27(26)34-18-7-8-19-34)16-17-28(29)38-31(36)25-14-9-11-23-10-3-4-12-24(23)25/h3-21H,2H2,1H3,(H,33,35)/b32-21-. The Bertz CT molecular complexity index is 1620. The third-order valence-electron chi connectivity index (χ3n) is 5.89. The number of ether oxygens (including phenoxy) is 2. The predicted octanol–water partition coefficient (Wildman–Crippen LogP) is 6.01. The lowest BCUT2D eigenvalue weighted by atomic mass is 10.0. The first-order valence-electron chi connectivity index (χ1n) is 12.2. The molecule has 1 amide bonds. The average molecular weight is 504 g/mol. The van der Waals surface area contributed by atoms with Gasteiger partial charge >= 0.3 is 5.97 Å². The Labute approximate surface area is 219 Å². The second kappa shape index (κ2) is 11.3. The van der Waals surface area contributed by atoms with Gasteiger partial charge in [-0.15, -0.1) is 0 Å². The van der Waals surface area contributed by atoms with Gasteiger partial charge in [-0.1, -0.05) is 48.5 Å². The number of nitrogens with one attached hydrogen (secondary N) is 1. The van der Waals surface area contributed by atoms with Crippen molar-refractivity contribution in [2.75, 3.05) is 6.61 Å². The monoisotopic (exact) mass is 503 g/mol. The molecular formula is C31H25N3O4. The molecule has 0 spiro atoms. The number of para-hydroxylation sites is 1. The Balaban J connectivity index is 1.32. The van der Waals surface area contributed by atoms with E-state index in [-0.39, 0.29) is 5.91 Å². The number of hydrogen-bond acceptors (Lipinski definition) is 5. The molecule has 5 aromatic rings. The Morgan fingerprint density at radius 2 is 1.58 bits per heavy atom. The molecule has 0 aliphatic carbocycles. The molecule has 0 aliphatic rings. The fourth-order valence-corrected chi connectivity index (χ4v) is 4.13. The molecule has 188 valence electrons. The molecule has 0 saturated heterocycles. The van der Waals surface area contributed by atoms with Gasteiger partial charge in [-0.3, -0.25) is 4.79 Å². The third kappa shape index (κ3) is 5.32. The molecule has 0 fully saturated rings. The fourth-order valence-electron chi connectivity index (χ4n) is 4.13. The third-order valence-corrected chi connectivity index (χ3v) is 5.89. The van der Waals surface area contributed by atoms with Crippen LogP contribution in [0.5, 0.6) is 11.5 Å². The van der Waals surface area contributed by atoms with Crippen LogP contribution < -0.4 is 14.9 Å². The van der Waals surface area contributed by atoms with E-state index in [0.717, 1.165) is 16.5 Å². The van der Waals surface area contributed by atoms with Gasteiger partial charge in [0.15, 0.2) is 11.5 Å². The van der Waals surface area contributed by atoms with E-state index < -0.39 is 5.97 Å². The highest BCUT2D eigenvalue weighted by molar-refractivity contribution is 6.05. The molecule has 0 radical (unpaired) electrons. The van der Waals surface area contributed by atoms with Crippen molar-refractivity contribution in [2.24, 2.45) is 5.10 Å². The molecule has 0 bridgehead atoms. The minimum absolute atomic E-state index is 0.298. The van der Waals surface area contributed by atoms with Crippen LogP contribution in [0, 0.1) is 0 Å². The number of amides is 1. The van der Waals surface area contributed by atoms with Crippen LogP contribution in [0.1, 0.15) is 33.2 Å². The lowest BCUT2D eigenvalue weighted by Gasteiger charge is -2.12. The summed E-state index contributed by atoms with van der Waals surface area (Å²) >= 11 is 0. The van der Waals surface area contributed by atoms with E-state index in [1.165, 1.54) is 6.21 Å². The van der Waals surface area contributed by atoms with Crippen LogP contribution in [0.25, 0.3) is 16.5 Å². The quantitative estimate of drug-likeness (QED) is 0.122. The molecule has 0 aliphatic heterocycles. The van der Waals surface area contributed by atoms with E-state index >= 15 is 0 Å². The van der Waals surface area contributed by atoms with Gasteiger partial charge in [0.05, 0.1) is 29.6 Å². The topological polar surface area (TPSA) is 81.9 Å². The van der Waals surface area contributed by atoms with Gasteiger partial charge < -0.3 is 14.0 Å². The van der Waals surface area contributed by atoms with Crippen LogP contribution in [0.15, 0.2) is 115 Å². The lowest BCUT2D eigenvalue weighted by molar-refractivity contribution is 0.0730. The summed E-state index contributed by atoms with van der Waals surface area (Å²) in [7, 11) is 0. The minimum Gasteiger partial charge on any atom is -0.490 e. The average Bonchev–Trinajstić information content (AvgIpc) is 3.49. The number of aromatic nitrogens is 1. The maximum absolute atomic E-state index is 13.0. The molecule has 38 heavy (non-hydrogen) atoms.